The van der Waals surface area contributed by atoms with Crippen molar-refractivity contribution in [2.45, 2.75) is 13.8 Å². The van der Waals surface area contributed by atoms with Gasteiger partial charge in [0.2, 0.25) is 0 Å². The molecule has 0 aromatic heterocycles. The highest BCUT2D eigenvalue weighted by molar-refractivity contribution is 9.10. The van der Waals surface area contributed by atoms with Gasteiger partial charge in [-0.25, -0.2) is 0 Å². The van der Waals surface area contributed by atoms with E-state index in [1.807, 2.05) is 6.07 Å². The van der Waals surface area contributed by atoms with E-state index in [0.29, 0.717) is 5.75 Å². The first-order valence-electron chi connectivity index (χ1n) is 4.05. The number of phenolic OH excluding ortho intramolecular Hbond substituents is 1. The topological polar surface area (TPSA) is 63.6 Å². The second kappa shape index (κ2) is 7.00. The molecule has 0 heterocycles. The molecule has 0 atom stereocenters. The van der Waals surface area contributed by atoms with E-state index in [9.17, 15) is 9.59 Å². The Balaban J connectivity index is 0.000000265. The Morgan fingerprint density at radius 2 is 1.80 bits per heavy atom. The highest BCUT2D eigenvalue weighted by Crippen LogP contribution is 2.15. The van der Waals surface area contributed by atoms with Crippen LogP contribution in [0.5, 0.6) is 5.75 Å². The van der Waals surface area contributed by atoms with E-state index >= 15 is 0 Å². The maximum Gasteiger partial charge on any atom is 0.310 e. The Morgan fingerprint density at radius 3 is 2.00 bits per heavy atom. The van der Waals surface area contributed by atoms with Crippen LogP contribution in [-0.4, -0.2) is 17.0 Å². The third-order valence-corrected chi connectivity index (χ3v) is 1.59. The fourth-order valence-corrected chi connectivity index (χ4v) is 1.07. The van der Waals surface area contributed by atoms with Crippen molar-refractivity contribution in [2.75, 3.05) is 0 Å². The first-order chi connectivity index (χ1) is 6.91. The van der Waals surface area contributed by atoms with E-state index in [4.69, 9.17) is 5.11 Å². The lowest BCUT2D eigenvalue weighted by Gasteiger charge is -1.88. The number of rotatable bonds is 0. The summed E-state index contributed by atoms with van der Waals surface area (Å²) < 4.78 is 4.87. The zero-order valence-electron chi connectivity index (χ0n) is 8.36. The van der Waals surface area contributed by atoms with Crippen molar-refractivity contribution in [1.82, 2.24) is 0 Å². The molecule has 0 bridgehead atoms. The summed E-state index contributed by atoms with van der Waals surface area (Å²) in [5.74, 6) is -0.834. The van der Waals surface area contributed by atoms with Crippen LogP contribution >= 0.6 is 15.9 Å². The number of aromatic hydroxyl groups is 1. The number of carbonyl (C=O) groups excluding carboxylic acids is 2. The van der Waals surface area contributed by atoms with E-state index in [2.05, 4.69) is 20.7 Å². The maximum atomic E-state index is 9.81. The third-order valence-electron chi connectivity index (χ3n) is 1.10. The second-order valence-electron chi connectivity index (χ2n) is 2.57. The van der Waals surface area contributed by atoms with Gasteiger partial charge in [-0.2, -0.15) is 0 Å². The molecule has 5 heteroatoms. The Morgan fingerprint density at radius 1 is 1.27 bits per heavy atom. The molecule has 0 radical (unpaired) electrons. The van der Waals surface area contributed by atoms with Gasteiger partial charge in [-0.05, 0) is 18.2 Å². The van der Waals surface area contributed by atoms with Crippen LogP contribution in [0.3, 0.4) is 0 Å². The van der Waals surface area contributed by atoms with Crippen molar-refractivity contribution in [3.8, 4) is 5.75 Å². The minimum absolute atomic E-state index is 0.291. The molecule has 82 valence electrons. The number of esters is 2. The SMILES string of the molecule is CC(=O)OC(C)=O.Oc1cccc(Br)c1. The van der Waals surface area contributed by atoms with Gasteiger partial charge in [-0.15, -0.1) is 0 Å². The number of hydrogen-bond acceptors (Lipinski definition) is 4. The molecule has 15 heavy (non-hydrogen) atoms. The lowest BCUT2D eigenvalue weighted by molar-refractivity contribution is -0.156. The Bertz CT molecular complexity index is 320. The maximum absolute atomic E-state index is 9.81. The van der Waals surface area contributed by atoms with E-state index in [0.717, 1.165) is 4.47 Å². The van der Waals surface area contributed by atoms with Crippen LogP contribution in [0.4, 0.5) is 0 Å². The molecule has 1 aromatic rings. The Labute approximate surface area is 96.0 Å². The molecule has 0 fully saturated rings. The molecule has 0 amide bonds. The minimum Gasteiger partial charge on any atom is -0.508 e. The quantitative estimate of drug-likeness (QED) is 0.582. The zero-order valence-corrected chi connectivity index (χ0v) is 9.95. The van der Waals surface area contributed by atoms with Gasteiger partial charge in [-0.3, -0.25) is 9.59 Å². The van der Waals surface area contributed by atoms with Gasteiger partial charge in [0.25, 0.3) is 0 Å². The third kappa shape index (κ3) is 8.96. The molecule has 1 aromatic carbocycles. The molecule has 1 N–H and O–H groups in total. The Kier molecular flexibility index (Phi) is 6.37. The van der Waals surface area contributed by atoms with Gasteiger partial charge < -0.3 is 9.84 Å². The summed E-state index contributed by atoms with van der Waals surface area (Å²) >= 11 is 3.20. The predicted molar refractivity (Wildman–Crippen MR) is 58.3 cm³/mol. The van der Waals surface area contributed by atoms with Gasteiger partial charge in [-0.1, -0.05) is 22.0 Å². The summed E-state index contributed by atoms with van der Waals surface area (Å²) in [6, 6.07) is 6.91. The lowest BCUT2D eigenvalue weighted by atomic mass is 10.3. The molecule has 0 unspecified atom stereocenters. The van der Waals surface area contributed by atoms with Crippen LogP contribution in [0.1, 0.15) is 13.8 Å². The smallest absolute Gasteiger partial charge is 0.310 e. The molecule has 1 rings (SSSR count). The van der Waals surface area contributed by atoms with Crippen LogP contribution in [0.15, 0.2) is 28.7 Å². The summed E-state index contributed by atoms with van der Waals surface area (Å²) in [7, 11) is 0. The summed E-state index contributed by atoms with van der Waals surface area (Å²) in [6.45, 7) is 2.36. The summed E-state index contributed by atoms with van der Waals surface area (Å²) in [5, 5.41) is 8.78. The van der Waals surface area contributed by atoms with E-state index < -0.39 is 11.9 Å². The molecular formula is C10H11BrO4. The van der Waals surface area contributed by atoms with E-state index in [1.54, 1.807) is 18.2 Å². The zero-order chi connectivity index (χ0) is 11.8. The first kappa shape index (κ1) is 13.6. The second-order valence-corrected chi connectivity index (χ2v) is 3.48. The highest BCUT2D eigenvalue weighted by Gasteiger charge is 1.93. The van der Waals surface area contributed by atoms with Crippen molar-refractivity contribution in [2.24, 2.45) is 0 Å². The van der Waals surface area contributed by atoms with Crippen molar-refractivity contribution in [1.29, 1.82) is 0 Å². The standard InChI is InChI=1S/C6H5BrO.C4H6O3/c7-5-2-1-3-6(8)4-5;1-3(5)7-4(2)6/h1-4,8H;1-2H3. The highest BCUT2D eigenvalue weighted by atomic mass is 79.9. The van der Waals surface area contributed by atoms with E-state index in [1.165, 1.54) is 13.8 Å². The molecular weight excluding hydrogens is 264 g/mol. The Hall–Kier alpha value is -1.36. The van der Waals surface area contributed by atoms with Crippen molar-refractivity contribution >= 4 is 27.9 Å². The van der Waals surface area contributed by atoms with Crippen molar-refractivity contribution in [3.05, 3.63) is 28.7 Å². The fraction of sp³-hybridized carbons (Fsp3) is 0.200. The van der Waals surface area contributed by atoms with Crippen molar-refractivity contribution < 1.29 is 19.4 Å². The number of hydrogen-bond donors (Lipinski definition) is 1. The minimum atomic E-state index is -0.562. The van der Waals surface area contributed by atoms with Gasteiger partial charge in [0, 0.05) is 18.3 Å². The number of benzene rings is 1. The fourth-order valence-electron chi connectivity index (χ4n) is 0.679. The van der Waals surface area contributed by atoms with Gasteiger partial charge in [0.1, 0.15) is 5.75 Å². The molecule has 0 saturated heterocycles. The van der Waals surface area contributed by atoms with Gasteiger partial charge >= 0.3 is 11.9 Å². The molecule has 0 saturated carbocycles. The van der Waals surface area contributed by atoms with Gasteiger partial charge in [0.15, 0.2) is 0 Å². The van der Waals surface area contributed by atoms with Crippen LogP contribution in [0.25, 0.3) is 0 Å². The number of phenols is 1. The number of carbonyl (C=O) groups is 2. The lowest BCUT2D eigenvalue weighted by Crippen LogP contribution is -2.03. The summed E-state index contributed by atoms with van der Waals surface area (Å²) in [5.41, 5.74) is 0. The molecule has 0 spiro atoms. The van der Waals surface area contributed by atoms with Crippen LogP contribution in [0, 0.1) is 0 Å². The molecule has 0 aliphatic carbocycles. The molecule has 0 aliphatic rings. The summed E-state index contributed by atoms with van der Waals surface area (Å²) in [4.78, 5) is 19.6. The normalized spacial score (nSPS) is 8.47. The van der Waals surface area contributed by atoms with Gasteiger partial charge in [0.05, 0.1) is 0 Å². The monoisotopic (exact) mass is 274 g/mol. The number of halogens is 1. The van der Waals surface area contributed by atoms with Crippen LogP contribution in [0.2, 0.25) is 0 Å². The molecule has 4 nitrogen and oxygen atoms in total. The van der Waals surface area contributed by atoms with Crippen LogP contribution < -0.4 is 0 Å². The average Bonchev–Trinajstić information content (AvgIpc) is 2.01. The van der Waals surface area contributed by atoms with Crippen LogP contribution in [-0.2, 0) is 14.3 Å². The first-order valence-corrected chi connectivity index (χ1v) is 4.84. The molecule has 0 aliphatic heterocycles. The average molecular weight is 275 g/mol. The largest absolute Gasteiger partial charge is 0.508 e. The number of ether oxygens (including phenoxy) is 1. The predicted octanol–water partition coefficient (Wildman–Crippen LogP) is 2.25. The van der Waals surface area contributed by atoms with E-state index in [-0.39, 0.29) is 0 Å². The van der Waals surface area contributed by atoms with Crippen molar-refractivity contribution in [3.63, 3.8) is 0 Å². The summed E-state index contributed by atoms with van der Waals surface area (Å²) in [6.07, 6.45) is 0.